The molecule has 0 saturated heterocycles. The molecule has 2 aromatic rings. The first-order chi connectivity index (χ1) is 28.4. The van der Waals surface area contributed by atoms with Crippen LogP contribution in [0.3, 0.4) is 0 Å². The molecule has 5 rings (SSSR count). The highest BCUT2D eigenvalue weighted by atomic mass is 19.1. The van der Waals surface area contributed by atoms with Crippen LogP contribution in [0.1, 0.15) is 75.3 Å². The molecule has 3 N–H and O–H groups in total. The molecule has 1 heterocycles. The van der Waals surface area contributed by atoms with Crippen LogP contribution in [-0.4, -0.2) is 103 Å². The maximum atomic E-state index is 14.7. The number of fused-ring (bicyclic) bond motifs is 2. The highest BCUT2D eigenvalue weighted by molar-refractivity contribution is 6.03. The molecule has 12 nitrogen and oxygen atoms in total. The molecule has 0 bridgehead atoms. The van der Waals surface area contributed by atoms with Crippen LogP contribution >= 0.6 is 0 Å². The van der Waals surface area contributed by atoms with Crippen LogP contribution in [0, 0.1) is 23.6 Å². The van der Waals surface area contributed by atoms with Crippen LogP contribution < -0.4 is 9.47 Å². The number of hydrogen-bond acceptors (Lipinski definition) is 11. The largest absolute Gasteiger partial charge is 0.489 e. The maximum Gasteiger partial charge on any atom is 0.410 e. The topological polar surface area (TPSA) is 149 Å². The Morgan fingerprint density at radius 1 is 1.02 bits per heavy atom. The van der Waals surface area contributed by atoms with E-state index in [9.17, 15) is 24.5 Å². The van der Waals surface area contributed by atoms with Gasteiger partial charge in [0.15, 0.2) is 0 Å². The van der Waals surface area contributed by atoms with Crippen molar-refractivity contribution in [2.45, 2.75) is 82.6 Å². The molecule has 58 heavy (non-hydrogen) atoms. The van der Waals surface area contributed by atoms with E-state index in [0.717, 1.165) is 36.8 Å². The molecule has 1 saturated carbocycles. The Kier molecular flexibility index (Phi) is 17.6. The second kappa shape index (κ2) is 22.8. The lowest BCUT2D eigenvalue weighted by molar-refractivity contribution is -0.256. The lowest BCUT2D eigenvalue weighted by Crippen LogP contribution is -2.70. The van der Waals surface area contributed by atoms with E-state index in [2.05, 4.69) is 19.2 Å². The molecule has 6 unspecified atom stereocenters. The molecule has 2 aliphatic carbocycles. The van der Waals surface area contributed by atoms with E-state index in [0.29, 0.717) is 48.6 Å². The average Bonchev–Trinajstić information content (AvgIpc) is 3.23. The van der Waals surface area contributed by atoms with Gasteiger partial charge in [-0.3, -0.25) is 4.90 Å². The Labute approximate surface area is 341 Å². The third kappa shape index (κ3) is 10.7. The third-order valence-electron chi connectivity index (χ3n) is 11.2. The molecule has 1 aliphatic heterocycles. The van der Waals surface area contributed by atoms with E-state index >= 15 is 0 Å². The predicted molar refractivity (Wildman–Crippen MR) is 218 cm³/mol. The van der Waals surface area contributed by atoms with E-state index in [1.165, 1.54) is 6.07 Å². The Morgan fingerprint density at radius 3 is 2.53 bits per heavy atom. The van der Waals surface area contributed by atoms with Gasteiger partial charge in [-0.15, -0.1) is 13.2 Å². The van der Waals surface area contributed by atoms with Gasteiger partial charge in [-0.1, -0.05) is 54.4 Å². The van der Waals surface area contributed by atoms with Crippen molar-refractivity contribution in [3.8, 4) is 11.5 Å². The minimum atomic E-state index is -1.49. The fraction of sp³-hybridized carbons (Fsp3) is 0.556. The molecule has 0 radical (unpaired) electrons. The lowest BCUT2D eigenvalue weighted by Gasteiger charge is -2.59. The zero-order valence-corrected chi connectivity index (χ0v) is 33.8. The quantitative estimate of drug-likeness (QED) is 0.0540. The Morgan fingerprint density at radius 2 is 1.81 bits per heavy atom. The first-order valence-corrected chi connectivity index (χ1v) is 20.7. The van der Waals surface area contributed by atoms with Crippen molar-refractivity contribution in [2.24, 2.45) is 22.9 Å². The number of oxime groups is 1. The van der Waals surface area contributed by atoms with Crippen molar-refractivity contribution >= 4 is 11.8 Å². The first kappa shape index (κ1) is 44.8. The van der Waals surface area contributed by atoms with Gasteiger partial charge in [0.05, 0.1) is 44.7 Å². The van der Waals surface area contributed by atoms with Crippen LogP contribution in [-0.2, 0) is 25.7 Å². The summed E-state index contributed by atoms with van der Waals surface area (Å²) in [5, 5.41) is 33.9. The molecule has 318 valence electrons. The number of aliphatic hydroxyl groups excluding tert-OH is 3. The summed E-state index contributed by atoms with van der Waals surface area (Å²) < 4.78 is 46.6. The number of benzene rings is 2. The summed E-state index contributed by atoms with van der Waals surface area (Å²) in [4.78, 5) is 21.6. The Hall–Kier alpha value is -4.27. The third-order valence-corrected chi connectivity index (χ3v) is 11.2. The number of unbranched alkanes of at least 4 members (excludes halogenated alkanes) is 2. The van der Waals surface area contributed by atoms with Gasteiger partial charge in [0.2, 0.25) is 5.79 Å². The number of allylic oxidation sites excluding steroid dienone is 1. The van der Waals surface area contributed by atoms with Crippen molar-refractivity contribution < 1.29 is 53.0 Å². The zero-order chi connectivity index (χ0) is 41.3. The summed E-state index contributed by atoms with van der Waals surface area (Å²) >= 11 is 0. The Balaban J connectivity index is 1.73. The molecule has 13 heteroatoms. The number of nitrogens with zero attached hydrogens (tertiary/aromatic N) is 2. The van der Waals surface area contributed by atoms with Crippen molar-refractivity contribution in [3.63, 3.8) is 0 Å². The van der Waals surface area contributed by atoms with Gasteiger partial charge in [0.25, 0.3) is 0 Å². The van der Waals surface area contributed by atoms with Crippen molar-refractivity contribution in [1.82, 2.24) is 4.90 Å². The summed E-state index contributed by atoms with van der Waals surface area (Å²) in [6.07, 6.45) is 10.1. The van der Waals surface area contributed by atoms with E-state index in [4.69, 9.17) is 33.7 Å². The van der Waals surface area contributed by atoms with Gasteiger partial charge in [0.1, 0.15) is 36.6 Å². The molecule has 3 aliphatic rings. The number of carbonyl (C=O) groups is 1. The normalized spacial score (nSPS) is 23.8. The SMILES string of the molecule is C=CCCOC(=O)N(CCOCCO)C1CC(=NOCC)C2=CC(CCCCO)C(CCCCO)C3c4cc(OCc5ccccc5F)ccc4OC1(OCC=C)C23. The smallest absolute Gasteiger partial charge is 0.410 e. The molecular formula is C45H61FN2O10. The van der Waals surface area contributed by atoms with E-state index in [1.807, 2.05) is 19.1 Å². The monoisotopic (exact) mass is 808 g/mol. The second-order valence-corrected chi connectivity index (χ2v) is 14.8. The van der Waals surface area contributed by atoms with Gasteiger partial charge < -0.3 is 43.8 Å². The summed E-state index contributed by atoms with van der Waals surface area (Å²) in [7, 11) is 0. The fourth-order valence-corrected chi connectivity index (χ4v) is 8.67. The van der Waals surface area contributed by atoms with Gasteiger partial charge in [-0.2, -0.15) is 0 Å². The number of ether oxygens (including phenoxy) is 5. The summed E-state index contributed by atoms with van der Waals surface area (Å²) in [5.41, 5.74) is 2.85. The average molecular weight is 809 g/mol. The van der Waals surface area contributed by atoms with Gasteiger partial charge >= 0.3 is 6.09 Å². The van der Waals surface area contributed by atoms with Gasteiger partial charge in [-0.25, -0.2) is 9.18 Å². The fourth-order valence-electron chi connectivity index (χ4n) is 8.67. The van der Waals surface area contributed by atoms with Gasteiger partial charge in [0, 0.05) is 43.2 Å². The molecule has 6 atom stereocenters. The molecule has 2 aromatic carbocycles. The summed E-state index contributed by atoms with van der Waals surface area (Å²) in [5.74, 6) is -1.51. The summed E-state index contributed by atoms with van der Waals surface area (Å²) in [6, 6.07) is 11.3. The number of aliphatic hydroxyl groups is 3. The van der Waals surface area contributed by atoms with Crippen LogP contribution in [0.2, 0.25) is 0 Å². The van der Waals surface area contributed by atoms with E-state index in [-0.39, 0.29) is 89.4 Å². The van der Waals surface area contributed by atoms with Crippen LogP contribution in [0.5, 0.6) is 11.5 Å². The first-order valence-electron chi connectivity index (χ1n) is 20.7. The van der Waals surface area contributed by atoms with Crippen LogP contribution in [0.25, 0.3) is 0 Å². The molecular weight excluding hydrogens is 747 g/mol. The summed E-state index contributed by atoms with van der Waals surface area (Å²) in [6.45, 7) is 10.4. The minimum Gasteiger partial charge on any atom is -0.489 e. The standard InChI is InChI=1S/C45H61FN2O10/c1-4-7-25-54-44(52)48(20-26-53-27-23-51)41-30-39(47-57-6-3)36-28-32(14-10-12-21-49)35(16-11-13-22-50)42-37-29-34(55-31-33-15-8-9-17-38(33)46)18-19-40(37)58-45(41,43(36)42)56-24-5-2/h4-5,8-9,15,17-19,28-29,32,35,41-43,49-51H,1-2,6-7,10-14,16,20-27,30-31H2,3H3. The second-order valence-electron chi connectivity index (χ2n) is 14.8. The number of carbonyl (C=O) groups excluding carboxylic acids is 1. The number of amides is 1. The highest BCUT2D eigenvalue weighted by Crippen LogP contribution is 2.62. The number of halogens is 1. The van der Waals surface area contributed by atoms with E-state index < -0.39 is 23.8 Å². The van der Waals surface area contributed by atoms with Crippen molar-refractivity contribution in [2.75, 3.05) is 59.4 Å². The minimum absolute atomic E-state index is 0.00291. The van der Waals surface area contributed by atoms with E-state index in [1.54, 1.807) is 41.3 Å². The highest BCUT2D eigenvalue weighted by Gasteiger charge is 2.65. The van der Waals surface area contributed by atoms with Crippen molar-refractivity contribution in [3.05, 3.63) is 96.4 Å². The zero-order valence-electron chi connectivity index (χ0n) is 33.8. The molecule has 0 aromatic heterocycles. The molecule has 0 spiro atoms. The van der Waals surface area contributed by atoms with Gasteiger partial charge in [-0.05, 0) is 80.7 Å². The molecule has 1 amide bonds. The van der Waals surface area contributed by atoms with Crippen LogP contribution in [0.15, 0.2) is 84.6 Å². The van der Waals surface area contributed by atoms with Crippen LogP contribution in [0.4, 0.5) is 9.18 Å². The number of hydrogen-bond donors (Lipinski definition) is 3. The predicted octanol–water partition coefficient (Wildman–Crippen LogP) is 7.08. The maximum absolute atomic E-state index is 14.7. The van der Waals surface area contributed by atoms with Crippen molar-refractivity contribution in [1.29, 1.82) is 0 Å². The molecule has 1 fully saturated rings. The lowest BCUT2D eigenvalue weighted by atomic mass is 9.55. The Bertz CT molecular complexity index is 1700. The number of rotatable bonds is 25.